The minimum atomic E-state index is -0.474. The van der Waals surface area contributed by atoms with Gasteiger partial charge >= 0.3 is 0 Å². The van der Waals surface area contributed by atoms with Crippen molar-refractivity contribution in [2.24, 2.45) is 0 Å². The minimum Gasteiger partial charge on any atom is -0.456 e. The Balaban J connectivity index is 0.854. The van der Waals surface area contributed by atoms with Crippen LogP contribution < -0.4 is 14.4 Å². The van der Waals surface area contributed by atoms with Crippen LogP contribution in [0.25, 0.3) is 66.8 Å². The second-order valence-corrected chi connectivity index (χ2v) is 23.0. The van der Waals surface area contributed by atoms with E-state index < -0.39 is 10.8 Å². The molecule has 3 heteroatoms. The van der Waals surface area contributed by atoms with Crippen molar-refractivity contribution >= 4 is 17.1 Å². The molecule has 372 valence electrons. The van der Waals surface area contributed by atoms with Crippen molar-refractivity contribution in [2.75, 3.05) is 4.90 Å². The monoisotopic (exact) mass is 1020 g/mol. The predicted octanol–water partition coefficient (Wildman–Crippen LogP) is 19.5. The molecule has 0 aromatic heterocycles. The van der Waals surface area contributed by atoms with Crippen molar-refractivity contribution in [3.63, 3.8) is 0 Å². The quantitative estimate of drug-likeness (QED) is 0.176. The first kappa shape index (κ1) is 43.1. The zero-order valence-electron chi connectivity index (χ0n) is 43.9. The number of nitrogens with zero attached hydrogens (tertiary/aromatic N) is 1. The van der Waals surface area contributed by atoms with E-state index in [0.717, 1.165) is 84.6 Å². The number of fused-ring (bicyclic) bond motifs is 20. The highest BCUT2D eigenvalue weighted by Crippen LogP contribution is 2.69. The van der Waals surface area contributed by atoms with Gasteiger partial charge in [0.15, 0.2) is 0 Å². The smallest absolute Gasteiger partial charge is 0.141 e. The summed E-state index contributed by atoms with van der Waals surface area (Å²) in [5.74, 6) is 3.31. The standard InChI is InChI=1S/C77H47NO2/c1-43-27-31-47(32-28-43)78-66-37-35-48(45-29-33-56-54-19-7-13-25-62(54)76(64(56)41-45)58-21-9-3-15-50(58)51-16-4-10-22-59(51)76)74-70(66)73-71-67(78)38-36-49(75(71)80-69-40-44(2)39-68(79-74)72(69)73)46-30-34-57-55-20-8-14-26-63(55)77(65(57)42-46)60-23-11-5-17-52(60)53-18-6-12-24-61(53)77/h3-42,73H,1-2H3. The second-order valence-electron chi connectivity index (χ2n) is 23.0. The zero-order chi connectivity index (χ0) is 52.3. The average Bonchev–Trinajstić information content (AvgIpc) is 3.89. The fourth-order valence-corrected chi connectivity index (χ4v) is 16.3. The third-order valence-corrected chi connectivity index (χ3v) is 19.3. The van der Waals surface area contributed by atoms with E-state index in [1.807, 2.05) is 0 Å². The third kappa shape index (κ3) is 5.05. The number of rotatable bonds is 3. The maximum absolute atomic E-state index is 7.53. The van der Waals surface area contributed by atoms with Crippen LogP contribution in [-0.2, 0) is 10.8 Å². The van der Waals surface area contributed by atoms with Crippen LogP contribution in [0.15, 0.2) is 243 Å². The highest BCUT2D eigenvalue weighted by molar-refractivity contribution is 6.01. The average molecular weight is 1020 g/mol. The summed E-state index contributed by atoms with van der Waals surface area (Å²) in [5, 5.41) is 0. The fraction of sp³-hybridized carbons (Fsp3) is 0.0649. The normalized spacial score (nSPS) is 15.2. The van der Waals surface area contributed by atoms with E-state index in [9.17, 15) is 0 Å². The van der Waals surface area contributed by atoms with Crippen LogP contribution in [0.3, 0.4) is 0 Å². The van der Waals surface area contributed by atoms with E-state index >= 15 is 0 Å². The maximum atomic E-state index is 7.53. The van der Waals surface area contributed by atoms with E-state index in [0.29, 0.717) is 0 Å². The molecule has 12 aromatic rings. The molecule has 0 unspecified atom stereocenters. The molecule has 12 aromatic carbocycles. The summed E-state index contributed by atoms with van der Waals surface area (Å²) in [4.78, 5) is 2.46. The van der Waals surface area contributed by atoms with Gasteiger partial charge < -0.3 is 14.4 Å². The predicted molar refractivity (Wildman–Crippen MR) is 322 cm³/mol. The molecule has 4 aliphatic carbocycles. The summed E-state index contributed by atoms with van der Waals surface area (Å²) in [6, 6.07) is 91.6. The van der Waals surface area contributed by atoms with Gasteiger partial charge in [-0.05, 0) is 180 Å². The lowest BCUT2D eigenvalue weighted by Crippen LogP contribution is -2.28. The molecule has 0 saturated carbocycles. The van der Waals surface area contributed by atoms with Gasteiger partial charge in [0.2, 0.25) is 0 Å². The number of aryl methyl sites for hydroxylation is 2. The van der Waals surface area contributed by atoms with Crippen molar-refractivity contribution in [3.8, 4) is 89.8 Å². The molecular weight excluding hydrogens is 971 g/mol. The zero-order valence-corrected chi connectivity index (χ0v) is 43.9. The molecule has 0 radical (unpaired) electrons. The first-order chi connectivity index (χ1) is 39.5. The van der Waals surface area contributed by atoms with Gasteiger partial charge in [-0.1, -0.05) is 188 Å². The van der Waals surface area contributed by atoms with Gasteiger partial charge in [-0.15, -0.1) is 0 Å². The van der Waals surface area contributed by atoms with Crippen LogP contribution in [0.5, 0.6) is 23.0 Å². The number of ether oxygens (including phenoxy) is 2. The first-order valence-corrected chi connectivity index (χ1v) is 28.1. The lowest BCUT2D eigenvalue weighted by molar-refractivity contribution is 0.410. The molecule has 3 heterocycles. The molecule has 0 atom stereocenters. The highest BCUT2D eigenvalue weighted by atomic mass is 16.5. The molecule has 0 amide bonds. The van der Waals surface area contributed by atoms with Crippen molar-refractivity contribution < 1.29 is 9.47 Å². The van der Waals surface area contributed by atoms with Gasteiger partial charge in [-0.3, -0.25) is 0 Å². The van der Waals surface area contributed by atoms with Crippen molar-refractivity contribution in [3.05, 3.63) is 315 Å². The molecule has 19 rings (SSSR count). The molecule has 7 aliphatic rings. The van der Waals surface area contributed by atoms with Crippen molar-refractivity contribution in [1.82, 2.24) is 0 Å². The fourth-order valence-electron chi connectivity index (χ4n) is 16.3. The lowest BCUT2D eigenvalue weighted by Gasteiger charge is -2.45. The van der Waals surface area contributed by atoms with Crippen LogP contribution in [0.4, 0.5) is 17.1 Å². The Labute approximate surface area is 464 Å². The number of benzene rings is 12. The summed E-state index contributed by atoms with van der Waals surface area (Å²) >= 11 is 0. The van der Waals surface area contributed by atoms with Gasteiger partial charge in [0.1, 0.15) is 23.0 Å². The van der Waals surface area contributed by atoms with Crippen molar-refractivity contribution in [2.45, 2.75) is 30.6 Å². The van der Waals surface area contributed by atoms with Gasteiger partial charge in [0, 0.05) is 33.5 Å². The van der Waals surface area contributed by atoms with E-state index in [1.54, 1.807) is 0 Å². The summed E-state index contributed by atoms with van der Waals surface area (Å²) in [6.07, 6.45) is 0. The molecule has 2 spiro atoms. The van der Waals surface area contributed by atoms with Crippen LogP contribution in [0, 0.1) is 13.8 Å². The Kier molecular flexibility index (Phi) is 8.07. The summed E-state index contributed by atoms with van der Waals surface area (Å²) in [7, 11) is 0. The Morgan fingerprint density at radius 1 is 0.300 bits per heavy atom. The Morgan fingerprint density at radius 3 is 1.01 bits per heavy atom. The lowest BCUT2D eigenvalue weighted by atomic mass is 9.70. The minimum absolute atomic E-state index is 0.170. The third-order valence-electron chi connectivity index (χ3n) is 19.3. The molecule has 0 saturated heterocycles. The van der Waals surface area contributed by atoms with Crippen molar-refractivity contribution in [1.29, 1.82) is 0 Å². The van der Waals surface area contributed by atoms with E-state index in [-0.39, 0.29) is 5.92 Å². The topological polar surface area (TPSA) is 21.7 Å². The summed E-state index contributed by atoms with van der Waals surface area (Å²) in [5.41, 5.74) is 33.4. The first-order valence-electron chi connectivity index (χ1n) is 28.1. The van der Waals surface area contributed by atoms with Gasteiger partial charge in [-0.25, -0.2) is 0 Å². The van der Waals surface area contributed by atoms with E-state index in [4.69, 9.17) is 9.47 Å². The van der Waals surface area contributed by atoms with E-state index in [1.165, 1.54) is 94.6 Å². The Hall–Kier alpha value is -9.96. The van der Waals surface area contributed by atoms with Crippen LogP contribution >= 0.6 is 0 Å². The molecular formula is C77H47NO2. The number of hydrogen-bond donors (Lipinski definition) is 0. The summed E-state index contributed by atoms with van der Waals surface area (Å²) < 4.78 is 15.1. The van der Waals surface area contributed by atoms with E-state index in [2.05, 4.69) is 261 Å². The Morgan fingerprint density at radius 2 is 0.637 bits per heavy atom. The van der Waals surface area contributed by atoms with Gasteiger partial charge in [0.05, 0.1) is 28.1 Å². The molecule has 0 bridgehead atoms. The molecule has 0 fully saturated rings. The molecule has 3 aliphatic heterocycles. The molecule has 0 N–H and O–H groups in total. The Bertz CT molecular complexity index is 4420. The SMILES string of the molecule is Cc1ccc(N2c3ccc(-c4ccc5c(c4)C4(c6ccccc6-c6ccccc64)c4ccccc4-5)c4c3C3c5c(cc(C)cc5Oc5c(-c6ccc7c(c6)C6(c8ccccc8-c8ccccc86)c6ccccc6-7)ccc2c53)O4)cc1. The van der Waals surface area contributed by atoms with Crippen LogP contribution in [-0.4, -0.2) is 0 Å². The largest absolute Gasteiger partial charge is 0.456 e. The van der Waals surface area contributed by atoms with Gasteiger partial charge in [-0.2, -0.15) is 0 Å². The number of hydrogen-bond acceptors (Lipinski definition) is 3. The summed E-state index contributed by atoms with van der Waals surface area (Å²) in [6.45, 7) is 4.32. The number of anilines is 3. The molecule has 3 nitrogen and oxygen atoms in total. The molecule has 80 heavy (non-hydrogen) atoms. The van der Waals surface area contributed by atoms with Gasteiger partial charge in [0.25, 0.3) is 0 Å². The van der Waals surface area contributed by atoms with Crippen LogP contribution in [0.2, 0.25) is 0 Å². The second kappa shape index (κ2) is 15.0. The van der Waals surface area contributed by atoms with Crippen LogP contribution in [0.1, 0.15) is 78.2 Å². The maximum Gasteiger partial charge on any atom is 0.141 e. The highest BCUT2D eigenvalue weighted by Gasteiger charge is 2.54.